The second-order valence-corrected chi connectivity index (χ2v) is 5.01. The first kappa shape index (κ1) is 11.0. The Morgan fingerprint density at radius 3 is 2.72 bits per heavy atom. The highest BCUT2D eigenvalue weighted by Gasteiger charge is 2.19. The van der Waals surface area contributed by atoms with Gasteiger partial charge in [0.25, 0.3) is 5.91 Å². The maximum Gasteiger partial charge on any atom is 0.256 e. The Morgan fingerprint density at radius 2 is 1.89 bits per heavy atom. The van der Waals surface area contributed by atoms with Crippen molar-refractivity contribution in [1.29, 1.82) is 0 Å². The van der Waals surface area contributed by atoms with Gasteiger partial charge < -0.3 is 5.32 Å². The molecule has 2 aromatic carbocycles. The number of carbonyl (C=O) groups excluding carboxylic acids is 2. The smallest absolute Gasteiger partial charge is 0.256 e. The van der Waals surface area contributed by atoms with Crippen LogP contribution in [0.5, 0.6) is 0 Å². The van der Waals surface area contributed by atoms with Gasteiger partial charge in [-0.3, -0.25) is 9.59 Å². The van der Waals surface area contributed by atoms with Crippen LogP contribution in [0.3, 0.4) is 0 Å². The van der Waals surface area contributed by atoms with Gasteiger partial charge in [0.1, 0.15) is 6.29 Å². The lowest BCUT2D eigenvalue weighted by Crippen LogP contribution is -2.11. The molecule has 0 atom stereocenters. The Balaban J connectivity index is 2.14. The number of fused-ring (bicyclic) bond motifs is 2. The standard InChI is InChI=1S/C14H9NO2S/c16-8-9-5-6-13-11(7-9)15-14(17)10-3-1-2-4-12(10)18-13/h1-8H,(H,15,17). The van der Waals surface area contributed by atoms with Crippen molar-refractivity contribution < 1.29 is 9.59 Å². The van der Waals surface area contributed by atoms with E-state index in [4.69, 9.17) is 0 Å². The Labute approximate surface area is 108 Å². The molecule has 1 aliphatic rings. The van der Waals surface area contributed by atoms with Gasteiger partial charge in [-0.2, -0.15) is 0 Å². The zero-order chi connectivity index (χ0) is 12.5. The van der Waals surface area contributed by atoms with E-state index in [1.165, 1.54) is 11.8 Å². The summed E-state index contributed by atoms with van der Waals surface area (Å²) in [6, 6.07) is 12.8. The van der Waals surface area contributed by atoms with Crippen molar-refractivity contribution in [3.63, 3.8) is 0 Å². The number of carbonyl (C=O) groups is 2. The highest BCUT2D eigenvalue weighted by molar-refractivity contribution is 7.99. The fourth-order valence-corrected chi connectivity index (χ4v) is 2.87. The Bertz CT molecular complexity index is 652. The first-order chi connectivity index (χ1) is 8.78. The van der Waals surface area contributed by atoms with Gasteiger partial charge in [-0.15, -0.1) is 0 Å². The monoisotopic (exact) mass is 255 g/mol. The average Bonchev–Trinajstić information content (AvgIpc) is 2.54. The molecule has 0 radical (unpaired) electrons. The van der Waals surface area contributed by atoms with Gasteiger partial charge in [0.2, 0.25) is 0 Å². The molecular weight excluding hydrogens is 246 g/mol. The third kappa shape index (κ3) is 1.80. The molecule has 0 spiro atoms. The van der Waals surface area contributed by atoms with E-state index in [0.29, 0.717) is 16.8 Å². The molecule has 1 heterocycles. The van der Waals surface area contributed by atoms with Crippen molar-refractivity contribution in [2.24, 2.45) is 0 Å². The van der Waals surface area contributed by atoms with Gasteiger partial charge in [0, 0.05) is 15.4 Å². The molecule has 0 unspecified atom stereocenters. The van der Waals surface area contributed by atoms with E-state index < -0.39 is 0 Å². The summed E-state index contributed by atoms with van der Waals surface area (Å²) in [4.78, 5) is 24.7. The van der Waals surface area contributed by atoms with Crippen molar-refractivity contribution in [2.45, 2.75) is 9.79 Å². The van der Waals surface area contributed by atoms with Crippen molar-refractivity contribution >= 4 is 29.6 Å². The number of nitrogens with one attached hydrogen (secondary N) is 1. The zero-order valence-electron chi connectivity index (χ0n) is 9.34. The molecule has 2 aromatic rings. The Kier molecular flexibility index (Phi) is 2.64. The molecule has 0 fully saturated rings. The molecule has 3 nitrogen and oxygen atoms in total. The van der Waals surface area contributed by atoms with Gasteiger partial charge >= 0.3 is 0 Å². The molecule has 1 amide bonds. The van der Waals surface area contributed by atoms with Gasteiger partial charge in [0.05, 0.1) is 11.3 Å². The van der Waals surface area contributed by atoms with E-state index in [1.807, 2.05) is 24.3 Å². The molecule has 3 rings (SSSR count). The lowest BCUT2D eigenvalue weighted by atomic mass is 10.2. The quantitative estimate of drug-likeness (QED) is 0.796. The molecule has 0 bridgehead atoms. The summed E-state index contributed by atoms with van der Waals surface area (Å²) in [5.41, 5.74) is 1.90. The van der Waals surface area contributed by atoms with Crippen LogP contribution in [0.15, 0.2) is 52.3 Å². The van der Waals surface area contributed by atoms with E-state index in [1.54, 1.807) is 18.2 Å². The summed E-state index contributed by atoms with van der Waals surface area (Å²) in [5, 5.41) is 2.83. The predicted octanol–water partition coefficient (Wildman–Crippen LogP) is 3.22. The fourth-order valence-electron chi connectivity index (χ4n) is 1.86. The summed E-state index contributed by atoms with van der Waals surface area (Å²) < 4.78 is 0. The molecule has 0 saturated heterocycles. The van der Waals surface area contributed by atoms with E-state index in [9.17, 15) is 9.59 Å². The van der Waals surface area contributed by atoms with Crippen LogP contribution in [0, 0.1) is 0 Å². The zero-order valence-corrected chi connectivity index (χ0v) is 10.2. The van der Waals surface area contributed by atoms with Crippen LogP contribution in [0.2, 0.25) is 0 Å². The van der Waals surface area contributed by atoms with Crippen molar-refractivity contribution in [2.75, 3.05) is 5.32 Å². The normalized spacial score (nSPS) is 13.0. The minimum Gasteiger partial charge on any atom is -0.321 e. The van der Waals surface area contributed by atoms with E-state index in [-0.39, 0.29) is 5.91 Å². The van der Waals surface area contributed by atoms with Crippen LogP contribution in [0.25, 0.3) is 0 Å². The highest BCUT2D eigenvalue weighted by atomic mass is 32.2. The van der Waals surface area contributed by atoms with E-state index in [2.05, 4.69) is 5.32 Å². The van der Waals surface area contributed by atoms with Crippen molar-refractivity contribution in [1.82, 2.24) is 0 Å². The first-order valence-electron chi connectivity index (χ1n) is 5.45. The summed E-state index contributed by atoms with van der Waals surface area (Å²) in [6.45, 7) is 0. The molecule has 4 heteroatoms. The van der Waals surface area contributed by atoms with Crippen molar-refractivity contribution in [3.8, 4) is 0 Å². The summed E-state index contributed by atoms with van der Waals surface area (Å²) >= 11 is 1.53. The highest BCUT2D eigenvalue weighted by Crippen LogP contribution is 2.38. The minimum absolute atomic E-state index is 0.139. The van der Waals surface area contributed by atoms with Crippen LogP contribution < -0.4 is 5.32 Å². The van der Waals surface area contributed by atoms with Crippen LogP contribution in [0.4, 0.5) is 5.69 Å². The Hall–Kier alpha value is -2.07. The number of amides is 1. The second-order valence-electron chi connectivity index (χ2n) is 3.93. The molecule has 18 heavy (non-hydrogen) atoms. The fraction of sp³-hybridized carbons (Fsp3) is 0. The second kappa shape index (κ2) is 4.31. The van der Waals surface area contributed by atoms with Crippen LogP contribution in [-0.4, -0.2) is 12.2 Å². The van der Waals surface area contributed by atoms with Crippen LogP contribution in [-0.2, 0) is 0 Å². The average molecular weight is 255 g/mol. The number of hydrogen-bond acceptors (Lipinski definition) is 3. The van der Waals surface area contributed by atoms with Gasteiger partial charge in [-0.25, -0.2) is 0 Å². The topological polar surface area (TPSA) is 46.2 Å². The van der Waals surface area contributed by atoms with Gasteiger partial charge in [-0.1, -0.05) is 30.0 Å². The predicted molar refractivity (Wildman–Crippen MR) is 70.3 cm³/mol. The van der Waals surface area contributed by atoms with Gasteiger partial charge in [-0.05, 0) is 24.3 Å². The Morgan fingerprint density at radius 1 is 1.06 bits per heavy atom. The third-order valence-electron chi connectivity index (χ3n) is 2.74. The first-order valence-corrected chi connectivity index (χ1v) is 6.27. The van der Waals surface area contributed by atoms with Crippen LogP contribution >= 0.6 is 11.8 Å². The molecule has 88 valence electrons. The number of rotatable bonds is 1. The molecule has 0 aromatic heterocycles. The van der Waals surface area contributed by atoms with E-state index >= 15 is 0 Å². The minimum atomic E-state index is -0.139. The van der Waals surface area contributed by atoms with Crippen molar-refractivity contribution in [3.05, 3.63) is 53.6 Å². The summed E-state index contributed by atoms with van der Waals surface area (Å²) in [7, 11) is 0. The lowest BCUT2D eigenvalue weighted by molar-refractivity contribution is 0.102. The molecule has 0 aliphatic carbocycles. The SMILES string of the molecule is O=Cc1ccc2c(c1)NC(=O)c1ccccc1S2. The number of anilines is 1. The maximum absolute atomic E-state index is 12.1. The summed E-state index contributed by atoms with van der Waals surface area (Å²) in [6.07, 6.45) is 0.773. The third-order valence-corrected chi connectivity index (χ3v) is 3.89. The molecule has 0 saturated carbocycles. The maximum atomic E-state index is 12.1. The van der Waals surface area contributed by atoms with Crippen LogP contribution in [0.1, 0.15) is 20.7 Å². The van der Waals surface area contributed by atoms with E-state index in [0.717, 1.165) is 16.1 Å². The lowest BCUT2D eigenvalue weighted by Gasteiger charge is -2.05. The van der Waals surface area contributed by atoms with Gasteiger partial charge in [0.15, 0.2) is 0 Å². The molecule has 1 N–H and O–H groups in total. The molecule has 1 aliphatic heterocycles. The number of hydrogen-bond donors (Lipinski definition) is 1. The summed E-state index contributed by atoms with van der Waals surface area (Å²) in [5.74, 6) is -0.139. The molecular formula is C14H9NO2S. The number of benzene rings is 2. The number of aldehydes is 1. The largest absolute Gasteiger partial charge is 0.321 e.